The number of hydrogen-bond donors (Lipinski definition) is 1. The van der Waals surface area contributed by atoms with Gasteiger partial charge in [-0.25, -0.2) is 0 Å². The van der Waals surface area contributed by atoms with E-state index in [1.165, 1.54) is 0 Å². The average molecular weight is 249 g/mol. The standard InChI is InChI=1S/C13H19N3O2/c1-15-7-8-16(12(5-9-17)13(15)18)10-11-4-2-3-6-14-11/h2-4,6,12,17H,5,7-10H2,1H3. The molecule has 0 spiro atoms. The molecule has 1 unspecified atom stereocenters. The molecule has 1 aliphatic heterocycles. The summed E-state index contributed by atoms with van der Waals surface area (Å²) < 4.78 is 0. The Bertz CT molecular complexity index is 396. The molecule has 0 aliphatic carbocycles. The molecule has 1 amide bonds. The highest BCUT2D eigenvalue weighted by molar-refractivity contribution is 5.82. The maximum absolute atomic E-state index is 12.1. The Kier molecular flexibility index (Phi) is 4.28. The number of rotatable bonds is 4. The molecule has 0 aromatic carbocycles. The van der Waals surface area contributed by atoms with E-state index >= 15 is 0 Å². The van der Waals surface area contributed by atoms with Crippen LogP contribution >= 0.6 is 0 Å². The quantitative estimate of drug-likeness (QED) is 0.822. The first kappa shape index (κ1) is 13.0. The van der Waals surface area contributed by atoms with Gasteiger partial charge in [-0.05, 0) is 18.6 Å². The van der Waals surface area contributed by atoms with Crippen molar-refractivity contribution in [3.05, 3.63) is 30.1 Å². The van der Waals surface area contributed by atoms with Gasteiger partial charge in [-0.15, -0.1) is 0 Å². The first-order valence-electron chi connectivity index (χ1n) is 6.22. The number of piperazine rings is 1. The summed E-state index contributed by atoms with van der Waals surface area (Å²) in [6.45, 7) is 2.24. The predicted octanol–water partition coefficient (Wildman–Crippen LogP) is 0.107. The number of aliphatic hydroxyl groups excluding tert-OH is 1. The van der Waals surface area contributed by atoms with Gasteiger partial charge in [0.25, 0.3) is 0 Å². The minimum Gasteiger partial charge on any atom is -0.396 e. The molecule has 1 atom stereocenters. The Hall–Kier alpha value is -1.46. The molecule has 1 fully saturated rings. The van der Waals surface area contributed by atoms with Crippen LogP contribution in [0.1, 0.15) is 12.1 Å². The van der Waals surface area contributed by atoms with Gasteiger partial charge in [0.15, 0.2) is 0 Å². The molecule has 0 saturated carbocycles. The summed E-state index contributed by atoms with van der Waals surface area (Å²) in [4.78, 5) is 20.2. The van der Waals surface area contributed by atoms with E-state index in [1.807, 2.05) is 25.2 Å². The average Bonchev–Trinajstić information content (AvgIpc) is 2.39. The molecule has 0 bridgehead atoms. The predicted molar refractivity (Wildman–Crippen MR) is 67.8 cm³/mol. The minimum atomic E-state index is -0.226. The van der Waals surface area contributed by atoms with Crippen LogP contribution in [0.4, 0.5) is 0 Å². The van der Waals surface area contributed by atoms with E-state index in [4.69, 9.17) is 5.11 Å². The van der Waals surface area contributed by atoms with Gasteiger partial charge >= 0.3 is 0 Å². The second-order valence-corrected chi connectivity index (χ2v) is 4.58. The third-order valence-corrected chi connectivity index (χ3v) is 3.32. The van der Waals surface area contributed by atoms with Gasteiger partial charge in [0.2, 0.25) is 5.91 Å². The van der Waals surface area contributed by atoms with Crippen LogP contribution in [-0.2, 0) is 11.3 Å². The number of hydrogen-bond acceptors (Lipinski definition) is 4. The van der Waals surface area contributed by atoms with Crippen molar-refractivity contribution in [2.24, 2.45) is 0 Å². The fourth-order valence-corrected chi connectivity index (χ4v) is 2.27. The fourth-order valence-electron chi connectivity index (χ4n) is 2.27. The lowest BCUT2D eigenvalue weighted by Gasteiger charge is -2.38. The van der Waals surface area contributed by atoms with Crippen LogP contribution in [0.25, 0.3) is 0 Å². The summed E-state index contributed by atoms with van der Waals surface area (Å²) in [7, 11) is 1.81. The molecule has 1 saturated heterocycles. The van der Waals surface area contributed by atoms with Crippen LogP contribution in [0, 0.1) is 0 Å². The monoisotopic (exact) mass is 249 g/mol. The molecule has 2 heterocycles. The van der Waals surface area contributed by atoms with Gasteiger partial charge < -0.3 is 10.0 Å². The van der Waals surface area contributed by atoms with Crippen molar-refractivity contribution in [3.63, 3.8) is 0 Å². The third kappa shape index (κ3) is 2.86. The summed E-state index contributed by atoms with van der Waals surface area (Å²) in [5.41, 5.74) is 0.956. The van der Waals surface area contributed by atoms with E-state index in [0.717, 1.165) is 18.8 Å². The van der Waals surface area contributed by atoms with Crippen LogP contribution in [-0.4, -0.2) is 58.6 Å². The second kappa shape index (κ2) is 5.93. The number of nitrogens with zero attached hydrogens (tertiary/aromatic N) is 3. The molecule has 0 radical (unpaired) electrons. The van der Waals surface area contributed by atoms with Gasteiger partial charge in [-0.3, -0.25) is 14.7 Å². The molecule has 5 heteroatoms. The molecule has 2 rings (SSSR count). The maximum atomic E-state index is 12.1. The highest BCUT2D eigenvalue weighted by Gasteiger charge is 2.32. The second-order valence-electron chi connectivity index (χ2n) is 4.58. The van der Waals surface area contributed by atoms with Crippen molar-refractivity contribution in [1.82, 2.24) is 14.8 Å². The number of carbonyl (C=O) groups excluding carboxylic acids is 1. The van der Waals surface area contributed by atoms with Crippen molar-refractivity contribution >= 4 is 5.91 Å². The van der Waals surface area contributed by atoms with E-state index in [0.29, 0.717) is 13.0 Å². The SMILES string of the molecule is CN1CCN(Cc2ccccn2)C(CCO)C1=O. The molecule has 1 N–H and O–H groups in total. The highest BCUT2D eigenvalue weighted by Crippen LogP contribution is 2.15. The van der Waals surface area contributed by atoms with Crippen LogP contribution in [0.15, 0.2) is 24.4 Å². The zero-order valence-electron chi connectivity index (χ0n) is 10.6. The van der Waals surface area contributed by atoms with Crippen molar-refractivity contribution in [1.29, 1.82) is 0 Å². The summed E-state index contributed by atoms with van der Waals surface area (Å²) >= 11 is 0. The first-order valence-corrected chi connectivity index (χ1v) is 6.22. The Morgan fingerprint density at radius 3 is 2.94 bits per heavy atom. The van der Waals surface area contributed by atoms with Crippen LogP contribution in [0.2, 0.25) is 0 Å². The molecule has 1 aromatic rings. The Morgan fingerprint density at radius 2 is 2.28 bits per heavy atom. The summed E-state index contributed by atoms with van der Waals surface area (Å²) in [5, 5.41) is 9.09. The molecular weight excluding hydrogens is 230 g/mol. The number of likely N-dealkylation sites (N-methyl/N-ethyl adjacent to an activating group) is 1. The zero-order chi connectivity index (χ0) is 13.0. The van der Waals surface area contributed by atoms with Crippen molar-refractivity contribution in [2.45, 2.75) is 19.0 Å². The highest BCUT2D eigenvalue weighted by atomic mass is 16.3. The fraction of sp³-hybridized carbons (Fsp3) is 0.538. The topological polar surface area (TPSA) is 56.7 Å². The van der Waals surface area contributed by atoms with Crippen molar-refractivity contribution in [2.75, 3.05) is 26.7 Å². The summed E-state index contributed by atoms with van der Waals surface area (Å²) in [6, 6.07) is 5.56. The molecule has 1 aromatic heterocycles. The van der Waals surface area contributed by atoms with Crippen molar-refractivity contribution in [3.8, 4) is 0 Å². The summed E-state index contributed by atoms with van der Waals surface area (Å²) in [6.07, 6.45) is 2.24. The Morgan fingerprint density at radius 1 is 1.44 bits per heavy atom. The lowest BCUT2D eigenvalue weighted by atomic mass is 10.1. The molecule has 1 aliphatic rings. The largest absolute Gasteiger partial charge is 0.396 e. The van der Waals surface area contributed by atoms with E-state index in [9.17, 15) is 4.79 Å². The molecule has 98 valence electrons. The lowest BCUT2D eigenvalue weighted by Crippen LogP contribution is -2.55. The lowest BCUT2D eigenvalue weighted by molar-refractivity contribution is -0.141. The Balaban J connectivity index is 2.08. The van der Waals surface area contributed by atoms with Crippen molar-refractivity contribution < 1.29 is 9.90 Å². The number of amides is 1. The number of aromatic nitrogens is 1. The van der Waals surface area contributed by atoms with Gasteiger partial charge in [0.05, 0.1) is 11.7 Å². The Labute approximate surface area is 107 Å². The van der Waals surface area contributed by atoms with Gasteiger partial charge in [0, 0.05) is 39.5 Å². The molecule has 18 heavy (non-hydrogen) atoms. The summed E-state index contributed by atoms with van der Waals surface area (Å²) in [5.74, 6) is 0.0891. The van der Waals surface area contributed by atoms with Gasteiger partial charge in [0.1, 0.15) is 0 Å². The third-order valence-electron chi connectivity index (χ3n) is 3.32. The van der Waals surface area contributed by atoms with E-state index < -0.39 is 0 Å². The van der Waals surface area contributed by atoms with Gasteiger partial charge in [-0.2, -0.15) is 0 Å². The number of carbonyl (C=O) groups is 1. The number of aliphatic hydroxyl groups is 1. The van der Waals surface area contributed by atoms with Crippen LogP contribution in [0.3, 0.4) is 0 Å². The smallest absolute Gasteiger partial charge is 0.239 e. The van der Waals surface area contributed by atoms with E-state index in [-0.39, 0.29) is 18.6 Å². The van der Waals surface area contributed by atoms with Crippen LogP contribution < -0.4 is 0 Å². The molecular formula is C13H19N3O2. The van der Waals surface area contributed by atoms with E-state index in [1.54, 1.807) is 11.1 Å². The minimum absolute atomic E-state index is 0.0307. The maximum Gasteiger partial charge on any atom is 0.239 e. The molecule has 5 nitrogen and oxygen atoms in total. The first-order chi connectivity index (χ1) is 8.72. The van der Waals surface area contributed by atoms with E-state index in [2.05, 4.69) is 9.88 Å². The number of pyridine rings is 1. The van der Waals surface area contributed by atoms with Crippen LogP contribution in [0.5, 0.6) is 0 Å². The zero-order valence-corrected chi connectivity index (χ0v) is 10.6. The normalized spacial score (nSPS) is 21.3. The van der Waals surface area contributed by atoms with Gasteiger partial charge in [-0.1, -0.05) is 6.07 Å².